The van der Waals surface area contributed by atoms with Crippen LogP contribution in [-0.4, -0.2) is 38.6 Å². The van der Waals surface area contributed by atoms with Crippen molar-refractivity contribution < 1.29 is 4.74 Å². The van der Waals surface area contributed by atoms with Gasteiger partial charge in [0.25, 0.3) is 5.56 Å². The number of nitrogens with zero attached hydrogens (tertiary/aromatic N) is 4. The van der Waals surface area contributed by atoms with Gasteiger partial charge in [0.15, 0.2) is 0 Å². The second-order valence-electron chi connectivity index (χ2n) is 7.17. The fraction of sp³-hybridized carbons (Fsp3) is 0.381. The third-order valence-corrected chi connectivity index (χ3v) is 5.33. The second kappa shape index (κ2) is 8.80. The summed E-state index contributed by atoms with van der Waals surface area (Å²) in [6.45, 7) is 4.27. The molecule has 3 aromatic rings. The van der Waals surface area contributed by atoms with Crippen LogP contribution in [0.25, 0.3) is 16.8 Å². The van der Waals surface area contributed by atoms with Crippen LogP contribution in [0.5, 0.6) is 0 Å². The van der Waals surface area contributed by atoms with Gasteiger partial charge >= 0.3 is 0 Å². The maximum absolute atomic E-state index is 11.9. The summed E-state index contributed by atoms with van der Waals surface area (Å²) >= 11 is 6.54. The predicted molar refractivity (Wildman–Crippen MR) is 114 cm³/mol. The van der Waals surface area contributed by atoms with E-state index in [2.05, 4.69) is 15.4 Å². The summed E-state index contributed by atoms with van der Waals surface area (Å²) < 4.78 is 8.83. The molecule has 7 nitrogen and oxygen atoms in total. The SMILES string of the molecule is CCCn1cc(-n2cc(-c3cnc(NC4CCOCC4)cc3Cl)cn2)ccc1=O. The van der Waals surface area contributed by atoms with Crippen molar-refractivity contribution in [2.45, 2.75) is 38.8 Å². The van der Waals surface area contributed by atoms with Gasteiger partial charge in [-0.25, -0.2) is 9.67 Å². The van der Waals surface area contributed by atoms with Crippen molar-refractivity contribution in [2.75, 3.05) is 18.5 Å². The maximum Gasteiger partial charge on any atom is 0.250 e. The van der Waals surface area contributed by atoms with E-state index >= 15 is 0 Å². The molecule has 0 saturated carbocycles. The number of aromatic nitrogens is 4. The van der Waals surface area contributed by atoms with Crippen LogP contribution in [0.1, 0.15) is 26.2 Å². The van der Waals surface area contributed by atoms with Gasteiger partial charge in [0.2, 0.25) is 0 Å². The smallest absolute Gasteiger partial charge is 0.250 e. The average molecular weight is 414 g/mol. The highest BCUT2D eigenvalue weighted by atomic mass is 35.5. The molecule has 0 atom stereocenters. The van der Waals surface area contributed by atoms with Crippen molar-refractivity contribution >= 4 is 17.4 Å². The Morgan fingerprint density at radius 3 is 2.83 bits per heavy atom. The zero-order valence-electron chi connectivity index (χ0n) is 16.3. The number of pyridine rings is 2. The Morgan fingerprint density at radius 2 is 2.07 bits per heavy atom. The van der Waals surface area contributed by atoms with Crippen molar-refractivity contribution in [1.29, 1.82) is 0 Å². The summed E-state index contributed by atoms with van der Waals surface area (Å²) in [5.41, 5.74) is 2.50. The fourth-order valence-electron chi connectivity index (χ4n) is 3.45. The summed E-state index contributed by atoms with van der Waals surface area (Å²) in [4.78, 5) is 16.5. The van der Waals surface area contributed by atoms with E-state index in [-0.39, 0.29) is 5.56 Å². The molecule has 0 aliphatic carbocycles. The number of nitrogens with one attached hydrogen (secondary N) is 1. The predicted octanol–water partition coefficient (Wildman–Crippen LogP) is 3.75. The zero-order chi connectivity index (χ0) is 20.2. The molecule has 0 aromatic carbocycles. The Bertz CT molecular complexity index is 1040. The number of aryl methyl sites for hydroxylation is 1. The molecule has 152 valence electrons. The molecule has 1 N–H and O–H groups in total. The molecule has 0 radical (unpaired) electrons. The van der Waals surface area contributed by atoms with Crippen molar-refractivity contribution in [3.05, 3.63) is 58.4 Å². The minimum atomic E-state index is -0.0113. The van der Waals surface area contributed by atoms with Gasteiger partial charge in [-0.1, -0.05) is 18.5 Å². The molecule has 0 amide bonds. The van der Waals surface area contributed by atoms with Gasteiger partial charge in [-0.3, -0.25) is 4.79 Å². The molecule has 0 unspecified atom stereocenters. The molecule has 29 heavy (non-hydrogen) atoms. The van der Waals surface area contributed by atoms with Gasteiger partial charge in [-0.2, -0.15) is 5.10 Å². The molecule has 1 aliphatic heterocycles. The van der Waals surface area contributed by atoms with Gasteiger partial charge in [0.05, 0.1) is 16.9 Å². The molecule has 0 spiro atoms. The first-order valence-electron chi connectivity index (χ1n) is 9.90. The summed E-state index contributed by atoms with van der Waals surface area (Å²) in [6.07, 6.45) is 10.1. The molecule has 1 fully saturated rings. The van der Waals surface area contributed by atoms with Crippen LogP contribution in [0, 0.1) is 0 Å². The van der Waals surface area contributed by atoms with Crippen molar-refractivity contribution in [3.8, 4) is 16.8 Å². The van der Waals surface area contributed by atoms with Crippen LogP contribution in [0.3, 0.4) is 0 Å². The average Bonchev–Trinajstić information content (AvgIpc) is 3.20. The van der Waals surface area contributed by atoms with E-state index in [1.54, 1.807) is 33.8 Å². The van der Waals surface area contributed by atoms with Crippen LogP contribution in [0.4, 0.5) is 5.82 Å². The van der Waals surface area contributed by atoms with Gasteiger partial charge in [0.1, 0.15) is 5.82 Å². The highest BCUT2D eigenvalue weighted by Crippen LogP contribution is 2.29. The zero-order valence-corrected chi connectivity index (χ0v) is 17.1. The summed E-state index contributed by atoms with van der Waals surface area (Å²) in [5.74, 6) is 0.768. The topological polar surface area (TPSA) is 74.0 Å². The third kappa shape index (κ3) is 4.52. The van der Waals surface area contributed by atoms with E-state index < -0.39 is 0 Å². The Balaban J connectivity index is 1.54. The van der Waals surface area contributed by atoms with Crippen molar-refractivity contribution in [2.24, 2.45) is 0 Å². The largest absolute Gasteiger partial charge is 0.381 e. The molecule has 3 aromatic heterocycles. The van der Waals surface area contributed by atoms with Crippen molar-refractivity contribution in [1.82, 2.24) is 19.3 Å². The van der Waals surface area contributed by atoms with Gasteiger partial charge in [0, 0.05) is 61.6 Å². The molecule has 4 rings (SSSR count). The quantitative estimate of drug-likeness (QED) is 0.666. The Morgan fingerprint density at radius 1 is 1.24 bits per heavy atom. The van der Waals surface area contributed by atoms with Crippen LogP contribution < -0.4 is 10.9 Å². The molecule has 0 bridgehead atoms. The molecule has 8 heteroatoms. The fourth-order valence-corrected chi connectivity index (χ4v) is 3.71. The third-order valence-electron chi connectivity index (χ3n) is 5.02. The van der Waals surface area contributed by atoms with E-state index in [0.717, 1.165) is 55.1 Å². The first-order valence-corrected chi connectivity index (χ1v) is 10.3. The van der Waals surface area contributed by atoms with E-state index in [4.69, 9.17) is 16.3 Å². The van der Waals surface area contributed by atoms with Crippen LogP contribution >= 0.6 is 11.6 Å². The summed E-state index contributed by atoms with van der Waals surface area (Å²) in [6, 6.07) is 5.55. The maximum atomic E-state index is 11.9. The van der Waals surface area contributed by atoms with E-state index in [0.29, 0.717) is 17.6 Å². The highest BCUT2D eigenvalue weighted by Gasteiger charge is 2.15. The first-order chi connectivity index (χ1) is 14.1. The number of anilines is 1. The van der Waals surface area contributed by atoms with Crippen LogP contribution in [0.15, 0.2) is 47.8 Å². The van der Waals surface area contributed by atoms with Crippen LogP contribution in [-0.2, 0) is 11.3 Å². The monoisotopic (exact) mass is 413 g/mol. The highest BCUT2D eigenvalue weighted by molar-refractivity contribution is 6.33. The lowest BCUT2D eigenvalue weighted by Crippen LogP contribution is -2.28. The van der Waals surface area contributed by atoms with Gasteiger partial charge in [-0.15, -0.1) is 0 Å². The van der Waals surface area contributed by atoms with E-state index in [1.165, 1.54) is 0 Å². The van der Waals surface area contributed by atoms with Gasteiger partial charge < -0.3 is 14.6 Å². The minimum Gasteiger partial charge on any atom is -0.381 e. The number of hydrogen-bond acceptors (Lipinski definition) is 5. The van der Waals surface area contributed by atoms with Crippen molar-refractivity contribution in [3.63, 3.8) is 0 Å². The second-order valence-corrected chi connectivity index (χ2v) is 7.58. The Hall–Kier alpha value is -2.64. The molecule has 1 saturated heterocycles. The number of ether oxygens (including phenoxy) is 1. The Labute approximate surface area is 174 Å². The lowest BCUT2D eigenvalue weighted by molar-refractivity contribution is 0.0904. The minimum absolute atomic E-state index is 0.0113. The Kier molecular flexibility index (Phi) is 5.97. The van der Waals surface area contributed by atoms with E-state index in [1.807, 2.05) is 25.4 Å². The lowest BCUT2D eigenvalue weighted by atomic mass is 10.1. The lowest BCUT2D eigenvalue weighted by Gasteiger charge is -2.23. The normalized spacial score (nSPS) is 14.8. The number of rotatable bonds is 6. The molecular formula is C21H24ClN5O2. The summed E-state index contributed by atoms with van der Waals surface area (Å²) in [5, 5.41) is 8.48. The number of hydrogen-bond donors (Lipinski definition) is 1. The molecule has 4 heterocycles. The van der Waals surface area contributed by atoms with Gasteiger partial charge in [-0.05, 0) is 31.4 Å². The van der Waals surface area contributed by atoms with E-state index in [9.17, 15) is 4.79 Å². The molecule has 1 aliphatic rings. The molecular weight excluding hydrogens is 390 g/mol. The summed E-state index contributed by atoms with van der Waals surface area (Å²) in [7, 11) is 0. The standard InChI is InChI=1S/C21H24ClN5O2/c1-2-7-26-14-17(3-4-21(26)28)27-13-15(11-24-27)18-12-23-20(10-19(18)22)25-16-5-8-29-9-6-16/h3-4,10-14,16H,2,5-9H2,1H3,(H,23,25). The first kappa shape index (κ1) is 19.7. The number of halogens is 1. The van der Waals surface area contributed by atoms with Crippen LogP contribution in [0.2, 0.25) is 5.02 Å².